The van der Waals surface area contributed by atoms with Gasteiger partial charge in [-0.25, -0.2) is 4.98 Å². The number of rotatable bonds is 2. The number of hydrogen-bond donors (Lipinski definition) is 1. The summed E-state index contributed by atoms with van der Waals surface area (Å²) in [5.41, 5.74) is 0.863. The Kier molecular flexibility index (Phi) is 3.31. The van der Waals surface area contributed by atoms with Gasteiger partial charge in [0.25, 0.3) is 5.24 Å². The molecule has 0 spiro atoms. The second kappa shape index (κ2) is 4.71. The predicted molar refractivity (Wildman–Crippen MR) is 68.7 cm³/mol. The minimum Gasteiger partial charge on any atom is -0.497 e. The van der Waals surface area contributed by atoms with Crippen LogP contribution in [0.2, 0.25) is 0 Å². The molecule has 1 aromatic heterocycles. The molecule has 1 heterocycles. The van der Waals surface area contributed by atoms with Gasteiger partial charge in [-0.3, -0.25) is 10.1 Å². The predicted octanol–water partition coefficient (Wildman–Crippen LogP) is 3.20. The Balaban J connectivity index is 2.32. The maximum atomic E-state index is 11.2. The summed E-state index contributed by atoms with van der Waals surface area (Å²) in [6, 6.07) is 5.63. The Bertz CT molecular complexity index is 525. The van der Waals surface area contributed by atoms with E-state index in [0.717, 1.165) is 27.7 Å². The van der Waals surface area contributed by atoms with Crippen LogP contribution in [0.15, 0.2) is 18.2 Å². The van der Waals surface area contributed by atoms with Crippen LogP contribution in [0, 0.1) is 0 Å². The zero-order valence-electron chi connectivity index (χ0n) is 8.81. The molecular weight excluding hydrogens is 244 g/mol. The van der Waals surface area contributed by atoms with Crippen LogP contribution < -0.4 is 10.1 Å². The van der Waals surface area contributed by atoms with Gasteiger partial charge in [0.2, 0.25) is 0 Å². The monoisotopic (exact) mass is 254 g/mol. The van der Waals surface area contributed by atoms with E-state index in [-0.39, 0.29) is 5.24 Å². The number of benzene rings is 1. The lowest BCUT2D eigenvalue weighted by molar-refractivity contribution is 0.270. The van der Waals surface area contributed by atoms with Crippen LogP contribution in [0.4, 0.5) is 9.93 Å². The van der Waals surface area contributed by atoms with Gasteiger partial charge >= 0.3 is 0 Å². The molecule has 1 amide bonds. The van der Waals surface area contributed by atoms with Crippen molar-refractivity contribution in [2.45, 2.75) is 0 Å². The molecule has 6 heteroatoms. The first-order chi connectivity index (χ1) is 7.72. The van der Waals surface area contributed by atoms with Crippen molar-refractivity contribution in [3.05, 3.63) is 18.2 Å². The number of fused-ring (bicyclic) bond motifs is 1. The van der Waals surface area contributed by atoms with E-state index < -0.39 is 0 Å². The molecular formula is C10H10N2O2S2. The molecule has 0 saturated heterocycles. The highest BCUT2D eigenvalue weighted by Gasteiger charge is 2.07. The molecule has 0 saturated carbocycles. The summed E-state index contributed by atoms with van der Waals surface area (Å²) >= 11 is 2.56. The normalized spacial score (nSPS) is 10.4. The Morgan fingerprint density at radius 1 is 1.56 bits per heavy atom. The summed E-state index contributed by atoms with van der Waals surface area (Å²) in [5.74, 6) is 0.791. The number of nitrogens with zero attached hydrogens (tertiary/aromatic N) is 1. The van der Waals surface area contributed by atoms with Gasteiger partial charge < -0.3 is 4.74 Å². The molecule has 0 bridgehead atoms. The molecule has 16 heavy (non-hydrogen) atoms. The molecule has 0 aliphatic heterocycles. The molecule has 1 aromatic carbocycles. The molecule has 0 aliphatic rings. The maximum absolute atomic E-state index is 11.2. The standard InChI is InChI=1S/C10H10N2O2S2/c1-14-6-3-4-7-8(5-6)16-9(11-7)12-10(13)15-2/h3-5H,1-2H3,(H,11,12,13). The summed E-state index contributed by atoms with van der Waals surface area (Å²) in [4.78, 5) is 15.5. The smallest absolute Gasteiger partial charge is 0.284 e. The van der Waals surface area contributed by atoms with Crippen molar-refractivity contribution < 1.29 is 9.53 Å². The molecule has 0 fully saturated rings. The number of thiazole rings is 1. The first-order valence-corrected chi connectivity index (χ1v) is 6.56. The van der Waals surface area contributed by atoms with Gasteiger partial charge in [0.1, 0.15) is 5.75 Å². The van der Waals surface area contributed by atoms with Gasteiger partial charge in [-0.1, -0.05) is 23.1 Å². The molecule has 1 N–H and O–H groups in total. The van der Waals surface area contributed by atoms with E-state index in [4.69, 9.17) is 4.74 Å². The Hall–Kier alpha value is -1.27. The van der Waals surface area contributed by atoms with Gasteiger partial charge in [0.05, 0.1) is 17.3 Å². The van der Waals surface area contributed by atoms with E-state index in [1.165, 1.54) is 11.3 Å². The van der Waals surface area contributed by atoms with Gasteiger partial charge in [0, 0.05) is 0 Å². The van der Waals surface area contributed by atoms with Crippen molar-refractivity contribution in [2.24, 2.45) is 0 Å². The zero-order valence-corrected chi connectivity index (χ0v) is 10.4. The third-order valence-corrected chi connectivity index (χ3v) is 3.40. The minimum atomic E-state index is -0.106. The van der Waals surface area contributed by atoms with Crippen LogP contribution in [0.1, 0.15) is 0 Å². The third kappa shape index (κ3) is 2.28. The Morgan fingerprint density at radius 3 is 3.06 bits per heavy atom. The van der Waals surface area contributed by atoms with Crippen LogP contribution in [0.25, 0.3) is 10.2 Å². The minimum absolute atomic E-state index is 0.106. The van der Waals surface area contributed by atoms with Gasteiger partial charge in [-0.15, -0.1) is 0 Å². The highest BCUT2D eigenvalue weighted by Crippen LogP contribution is 2.29. The van der Waals surface area contributed by atoms with Crippen LogP contribution in [-0.4, -0.2) is 23.6 Å². The van der Waals surface area contributed by atoms with E-state index in [9.17, 15) is 4.79 Å². The lowest BCUT2D eigenvalue weighted by Crippen LogP contribution is -2.02. The molecule has 2 aromatic rings. The molecule has 0 unspecified atom stereocenters. The maximum Gasteiger partial charge on any atom is 0.284 e. The van der Waals surface area contributed by atoms with Crippen molar-refractivity contribution in [3.8, 4) is 5.75 Å². The number of anilines is 1. The zero-order chi connectivity index (χ0) is 11.5. The molecule has 0 radical (unpaired) electrons. The Labute approximate surface area is 101 Å². The molecule has 0 atom stereocenters. The van der Waals surface area contributed by atoms with Crippen LogP contribution >= 0.6 is 23.1 Å². The largest absolute Gasteiger partial charge is 0.497 e. The van der Waals surface area contributed by atoms with E-state index in [2.05, 4.69) is 10.3 Å². The fourth-order valence-corrected chi connectivity index (χ4v) is 2.38. The number of carbonyl (C=O) groups is 1. The van der Waals surface area contributed by atoms with Crippen LogP contribution in [0.3, 0.4) is 0 Å². The molecule has 0 aliphatic carbocycles. The summed E-state index contributed by atoms with van der Waals surface area (Å²) in [5, 5.41) is 3.22. The highest BCUT2D eigenvalue weighted by atomic mass is 32.2. The third-order valence-electron chi connectivity index (χ3n) is 1.99. The summed E-state index contributed by atoms with van der Waals surface area (Å²) in [6.45, 7) is 0. The van der Waals surface area contributed by atoms with Gasteiger partial charge in [0.15, 0.2) is 5.13 Å². The number of thioether (sulfide) groups is 1. The second-order valence-electron chi connectivity index (χ2n) is 2.97. The lowest BCUT2D eigenvalue weighted by atomic mass is 10.3. The number of methoxy groups -OCH3 is 1. The van der Waals surface area contributed by atoms with E-state index in [0.29, 0.717) is 5.13 Å². The van der Waals surface area contributed by atoms with E-state index in [1.54, 1.807) is 13.4 Å². The fraction of sp³-hybridized carbons (Fsp3) is 0.200. The van der Waals surface area contributed by atoms with Crippen molar-refractivity contribution >= 4 is 43.7 Å². The quantitative estimate of drug-likeness (QED) is 0.894. The number of carbonyl (C=O) groups excluding carboxylic acids is 1. The molecule has 84 valence electrons. The second-order valence-corrected chi connectivity index (χ2v) is 4.78. The van der Waals surface area contributed by atoms with Crippen molar-refractivity contribution in [1.82, 2.24) is 4.98 Å². The average molecular weight is 254 g/mol. The fourth-order valence-electron chi connectivity index (χ4n) is 1.22. The number of hydrogen-bond acceptors (Lipinski definition) is 5. The lowest BCUT2D eigenvalue weighted by Gasteiger charge is -1.96. The number of nitrogens with one attached hydrogen (secondary N) is 1. The number of ether oxygens (including phenoxy) is 1. The summed E-state index contributed by atoms with van der Waals surface area (Å²) < 4.78 is 6.12. The summed E-state index contributed by atoms with van der Waals surface area (Å²) in [7, 11) is 1.62. The average Bonchev–Trinajstić information content (AvgIpc) is 2.69. The van der Waals surface area contributed by atoms with Crippen molar-refractivity contribution in [3.63, 3.8) is 0 Å². The van der Waals surface area contributed by atoms with Gasteiger partial charge in [-0.2, -0.15) is 0 Å². The van der Waals surface area contributed by atoms with Crippen molar-refractivity contribution in [2.75, 3.05) is 18.7 Å². The summed E-state index contributed by atoms with van der Waals surface area (Å²) in [6.07, 6.45) is 1.73. The van der Waals surface area contributed by atoms with E-state index in [1.807, 2.05) is 18.2 Å². The molecule has 2 rings (SSSR count). The van der Waals surface area contributed by atoms with Crippen LogP contribution in [-0.2, 0) is 0 Å². The highest BCUT2D eigenvalue weighted by molar-refractivity contribution is 8.13. The Morgan fingerprint density at radius 2 is 2.38 bits per heavy atom. The van der Waals surface area contributed by atoms with Crippen LogP contribution in [0.5, 0.6) is 5.75 Å². The SMILES string of the molecule is COc1ccc2nc(NC(=O)SC)sc2c1. The van der Waals surface area contributed by atoms with Crippen molar-refractivity contribution in [1.29, 1.82) is 0 Å². The topological polar surface area (TPSA) is 51.2 Å². The number of amides is 1. The first-order valence-electron chi connectivity index (χ1n) is 4.52. The molecule has 4 nitrogen and oxygen atoms in total. The first kappa shape index (κ1) is 11.2. The van der Waals surface area contributed by atoms with Gasteiger partial charge in [-0.05, 0) is 24.5 Å². The number of aromatic nitrogens is 1. The van der Waals surface area contributed by atoms with E-state index >= 15 is 0 Å².